The fraction of sp³-hybridized carbons (Fsp3) is 0.400. The number of fused-ring (bicyclic) bond motifs is 1. The summed E-state index contributed by atoms with van der Waals surface area (Å²) in [5.41, 5.74) is 8.35. The quantitative estimate of drug-likeness (QED) is 0.673. The summed E-state index contributed by atoms with van der Waals surface area (Å²) in [6.45, 7) is 5.32. The molecule has 1 aromatic heterocycles. The van der Waals surface area contributed by atoms with Crippen molar-refractivity contribution in [1.82, 2.24) is 9.71 Å². The number of nitrogens with two attached hydrogens (primary N) is 1. The molecule has 2 unspecified atom stereocenters. The standard InChI is InChI=1S/C20H24F3N3O2S/c1-11-4-5-15-14(10-25-17(15)8-11)9-18(20(21,22)23)26-29(27,28)19-13(3)6-12(2)7-16(19)24/h4-5,7-8,10,12,18,25-26H,6,9,24H2,1-3H3. The third-order valence-corrected chi connectivity index (χ3v) is 6.77. The summed E-state index contributed by atoms with van der Waals surface area (Å²) in [6.07, 6.45) is -1.83. The molecule has 0 spiro atoms. The third kappa shape index (κ3) is 4.51. The Balaban J connectivity index is 1.94. The summed E-state index contributed by atoms with van der Waals surface area (Å²) in [5, 5.41) is 0.630. The molecule has 0 saturated heterocycles. The summed E-state index contributed by atoms with van der Waals surface area (Å²) in [5.74, 6) is 0.0297. The first-order valence-electron chi connectivity index (χ1n) is 9.21. The Morgan fingerprint density at radius 1 is 1.31 bits per heavy atom. The molecule has 0 bridgehead atoms. The minimum Gasteiger partial charge on any atom is -0.398 e. The van der Waals surface area contributed by atoms with Gasteiger partial charge in [0, 0.05) is 22.8 Å². The number of hydrogen-bond donors (Lipinski definition) is 3. The molecule has 0 saturated carbocycles. The van der Waals surface area contributed by atoms with Crippen LogP contribution >= 0.6 is 0 Å². The van der Waals surface area contributed by atoms with Crippen LogP contribution in [0.3, 0.4) is 0 Å². The predicted molar refractivity (Wildman–Crippen MR) is 107 cm³/mol. The second kappa shape index (κ2) is 7.53. The van der Waals surface area contributed by atoms with E-state index in [4.69, 9.17) is 5.73 Å². The van der Waals surface area contributed by atoms with Gasteiger partial charge < -0.3 is 10.7 Å². The van der Waals surface area contributed by atoms with Crippen LogP contribution in [0.15, 0.2) is 46.6 Å². The molecular formula is C20H24F3N3O2S. The fourth-order valence-corrected chi connectivity index (χ4v) is 5.44. The molecular weight excluding hydrogens is 403 g/mol. The van der Waals surface area contributed by atoms with Gasteiger partial charge in [0.15, 0.2) is 0 Å². The van der Waals surface area contributed by atoms with E-state index in [0.29, 0.717) is 28.5 Å². The van der Waals surface area contributed by atoms with Gasteiger partial charge in [0.05, 0.1) is 0 Å². The Hall–Kier alpha value is -2.26. The largest absolute Gasteiger partial charge is 0.405 e. The summed E-state index contributed by atoms with van der Waals surface area (Å²) >= 11 is 0. The van der Waals surface area contributed by atoms with Crippen LogP contribution in [0, 0.1) is 12.8 Å². The van der Waals surface area contributed by atoms with E-state index in [1.54, 1.807) is 25.1 Å². The van der Waals surface area contributed by atoms with Crippen molar-refractivity contribution in [3.05, 3.63) is 57.8 Å². The molecule has 9 heteroatoms. The minimum absolute atomic E-state index is 0.0164. The highest BCUT2D eigenvalue weighted by molar-refractivity contribution is 7.93. The molecule has 1 aliphatic rings. The summed E-state index contributed by atoms with van der Waals surface area (Å²) in [6, 6.07) is 3.08. The lowest BCUT2D eigenvalue weighted by Crippen LogP contribution is -2.47. The molecule has 0 radical (unpaired) electrons. The first kappa shape index (κ1) is 21.4. The molecule has 0 amide bonds. The number of nitrogens with one attached hydrogen (secondary N) is 2. The van der Waals surface area contributed by atoms with E-state index < -0.39 is 28.7 Å². The van der Waals surface area contributed by atoms with E-state index in [2.05, 4.69) is 4.98 Å². The monoisotopic (exact) mass is 427 g/mol. The second-order valence-corrected chi connectivity index (χ2v) is 9.35. The van der Waals surface area contributed by atoms with Crippen molar-refractivity contribution in [3.8, 4) is 0 Å². The number of halogens is 3. The van der Waals surface area contributed by atoms with Crippen molar-refractivity contribution in [2.75, 3.05) is 0 Å². The van der Waals surface area contributed by atoms with E-state index >= 15 is 0 Å². The second-order valence-electron chi connectivity index (χ2n) is 7.70. The maximum absolute atomic E-state index is 13.7. The van der Waals surface area contributed by atoms with Gasteiger partial charge in [-0.2, -0.15) is 17.9 Å². The molecule has 4 N–H and O–H groups in total. The van der Waals surface area contributed by atoms with Crippen LogP contribution < -0.4 is 10.5 Å². The van der Waals surface area contributed by atoms with E-state index in [-0.39, 0.29) is 16.5 Å². The van der Waals surface area contributed by atoms with Crippen LogP contribution in [0.2, 0.25) is 0 Å². The molecule has 158 valence electrons. The minimum atomic E-state index is -4.77. The molecule has 1 heterocycles. The summed E-state index contributed by atoms with van der Waals surface area (Å²) < 4.78 is 68.7. The average Bonchev–Trinajstić information content (AvgIpc) is 2.93. The van der Waals surface area contributed by atoms with Crippen LogP contribution in [-0.4, -0.2) is 25.6 Å². The van der Waals surface area contributed by atoms with Crippen LogP contribution in [-0.2, 0) is 16.4 Å². The van der Waals surface area contributed by atoms with Crippen molar-refractivity contribution in [3.63, 3.8) is 0 Å². The third-order valence-electron chi connectivity index (χ3n) is 5.05. The van der Waals surface area contributed by atoms with Gasteiger partial charge in [-0.3, -0.25) is 0 Å². The Morgan fingerprint density at radius 2 is 2.00 bits per heavy atom. The number of aryl methyl sites for hydroxylation is 1. The molecule has 1 aliphatic carbocycles. The molecule has 0 aliphatic heterocycles. The lowest BCUT2D eigenvalue weighted by molar-refractivity contribution is -0.150. The highest BCUT2D eigenvalue weighted by Gasteiger charge is 2.43. The Labute approximate surface area is 167 Å². The number of aromatic amines is 1. The van der Waals surface area contributed by atoms with Gasteiger partial charge in [-0.1, -0.05) is 30.7 Å². The van der Waals surface area contributed by atoms with Crippen LogP contribution in [0.1, 0.15) is 31.4 Å². The van der Waals surface area contributed by atoms with E-state index in [0.717, 1.165) is 5.56 Å². The molecule has 1 aromatic carbocycles. The van der Waals surface area contributed by atoms with Crippen molar-refractivity contribution in [2.45, 2.75) is 45.8 Å². The van der Waals surface area contributed by atoms with E-state index in [9.17, 15) is 21.6 Å². The van der Waals surface area contributed by atoms with Crippen molar-refractivity contribution in [1.29, 1.82) is 0 Å². The van der Waals surface area contributed by atoms with Gasteiger partial charge in [0.1, 0.15) is 10.9 Å². The number of hydrogen-bond acceptors (Lipinski definition) is 3. The molecule has 3 rings (SSSR count). The van der Waals surface area contributed by atoms with Crippen molar-refractivity contribution < 1.29 is 21.6 Å². The molecule has 2 atom stereocenters. The fourth-order valence-electron chi connectivity index (χ4n) is 3.81. The number of benzene rings is 1. The topological polar surface area (TPSA) is 88.0 Å². The molecule has 5 nitrogen and oxygen atoms in total. The van der Waals surface area contributed by atoms with Crippen molar-refractivity contribution in [2.24, 2.45) is 11.7 Å². The van der Waals surface area contributed by atoms with Crippen molar-refractivity contribution >= 4 is 20.9 Å². The molecule has 29 heavy (non-hydrogen) atoms. The number of aromatic nitrogens is 1. The van der Waals surface area contributed by atoms with Gasteiger partial charge in [-0.15, -0.1) is 0 Å². The first-order chi connectivity index (χ1) is 13.4. The predicted octanol–water partition coefficient (Wildman–Crippen LogP) is 4.03. The maximum atomic E-state index is 13.7. The molecule has 0 fully saturated rings. The highest BCUT2D eigenvalue weighted by Crippen LogP contribution is 2.32. The smallest absolute Gasteiger partial charge is 0.398 e. The highest BCUT2D eigenvalue weighted by atomic mass is 32.2. The van der Waals surface area contributed by atoms with E-state index in [1.165, 1.54) is 6.20 Å². The average molecular weight is 427 g/mol. The van der Waals surface area contributed by atoms with Gasteiger partial charge in [-0.05, 0) is 49.8 Å². The Kier molecular flexibility index (Phi) is 5.57. The Morgan fingerprint density at radius 3 is 2.62 bits per heavy atom. The van der Waals surface area contributed by atoms with E-state index in [1.807, 2.05) is 24.6 Å². The van der Waals surface area contributed by atoms with Gasteiger partial charge in [0.25, 0.3) is 0 Å². The number of allylic oxidation sites excluding steroid dienone is 2. The summed E-state index contributed by atoms with van der Waals surface area (Å²) in [4.78, 5) is 2.70. The normalized spacial score (nSPS) is 19.5. The zero-order valence-corrected chi connectivity index (χ0v) is 17.2. The molecule has 2 aromatic rings. The zero-order chi connectivity index (χ0) is 21.6. The van der Waals surface area contributed by atoms with Gasteiger partial charge in [0.2, 0.25) is 10.0 Å². The first-order valence-corrected chi connectivity index (χ1v) is 10.7. The lowest BCUT2D eigenvalue weighted by Gasteiger charge is -2.25. The van der Waals surface area contributed by atoms with Gasteiger partial charge in [-0.25, -0.2) is 8.42 Å². The number of alkyl halides is 3. The van der Waals surface area contributed by atoms with Crippen LogP contribution in [0.25, 0.3) is 10.9 Å². The van der Waals surface area contributed by atoms with Crippen LogP contribution in [0.4, 0.5) is 13.2 Å². The number of H-pyrrole nitrogens is 1. The summed E-state index contributed by atoms with van der Waals surface area (Å²) in [7, 11) is -4.44. The SMILES string of the molecule is CC1=C(S(=O)(=O)NC(Cc2c[nH]c3cc(C)ccc23)C(F)(F)F)C(N)=CC(C)C1. The number of sulfonamides is 1. The Bertz CT molecular complexity index is 1100. The lowest BCUT2D eigenvalue weighted by atomic mass is 9.95. The van der Waals surface area contributed by atoms with Gasteiger partial charge >= 0.3 is 6.18 Å². The zero-order valence-electron chi connectivity index (χ0n) is 16.4. The van der Waals surface area contributed by atoms with Crippen LogP contribution in [0.5, 0.6) is 0 Å². The number of rotatable bonds is 5. The maximum Gasteiger partial charge on any atom is 0.405 e.